The molecule has 34 heavy (non-hydrogen) atoms. The van der Waals surface area contributed by atoms with E-state index in [2.05, 4.69) is 36.2 Å². The van der Waals surface area contributed by atoms with Gasteiger partial charge in [-0.25, -0.2) is 19.2 Å². The number of aromatic nitrogens is 6. The lowest BCUT2D eigenvalue weighted by atomic mass is 10.2. The highest BCUT2D eigenvalue weighted by atomic mass is 16.5. The fourth-order valence-electron chi connectivity index (χ4n) is 4.08. The van der Waals surface area contributed by atoms with Gasteiger partial charge >= 0.3 is 0 Å². The molecule has 0 bridgehead atoms. The number of rotatable bonds is 8. The second-order valence-corrected chi connectivity index (χ2v) is 8.60. The van der Waals surface area contributed by atoms with Gasteiger partial charge in [-0.3, -0.25) is 0 Å². The van der Waals surface area contributed by atoms with E-state index < -0.39 is 0 Å². The van der Waals surface area contributed by atoms with Gasteiger partial charge < -0.3 is 14.8 Å². The molecule has 1 unspecified atom stereocenters. The molecule has 5 rings (SSSR count). The molecule has 1 N–H and O–H groups in total. The number of anilines is 1. The zero-order valence-corrected chi connectivity index (χ0v) is 21.0. The lowest BCUT2D eigenvalue weighted by molar-refractivity contribution is 0.0301. The number of hydrogen-bond donors (Lipinski definition) is 1. The first-order valence-corrected chi connectivity index (χ1v) is 12.1. The third-order valence-electron chi connectivity index (χ3n) is 5.82. The maximum absolute atomic E-state index is 5.68. The van der Waals surface area contributed by atoms with Gasteiger partial charge in [0, 0.05) is 31.5 Å². The van der Waals surface area contributed by atoms with Crippen molar-refractivity contribution in [2.24, 2.45) is 0 Å². The van der Waals surface area contributed by atoms with Gasteiger partial charge in [0.25, 0.3) is 0 Å². The van der Waals surface area contributed by atoms with Crippen LogP contribution in [-0.2, 0) is 4.74 Å². The molecule has 4 aromatic rings. The zero-order chi connectivity index (χ0) is 24.2. The molecule has 1 fully saturated rings. The summed E-state index contributed by atoms with van der Waals surface area (Å²) in [6, 6.07) is 3.98. The van der Waals surface area contributed by atoms with Gasteiger partial charge in [-0.15, -0.1) is 0 Å². The molecule has 1 saturated carbocycles. The van der Waals surface area contributed by atoms with Gasteiger partial charge in [0.15, 0.2) is 17.7 Å². The number of ether oxygens (including phenoxy) is 2. The van der Waals surface area contributed by atoms with Gasteiger partial charge in [0.05, 0.1) is 25.2 Å². The van der Waals surface area contributed by atoms with E-state index >= 15 is 0 Å². The number of pyridine rings is 1. The largest absolute Gasteiger partial charge is 0.495 e. The van der Waals surface area contributed by atoms with Crippen LogP contribution in [0.2, 0.25) is 0 Å². The number of nitrogens with zero attached hydrogens (tertiary/aromatic N) is 6. The monoisotopic (exact) mass is 465 g/mol. The Morgan fingerprint density at radius 1 is 1.15 bits per heavy atom. The summed E-state index contributed by atoms with van der Waals surface area (Å²) >= 11 is 0. The van der Waals surface area contributed by atoms with Crippen LogP contribution in [0.15, 0.2) is 24.5 Å². The Kier molecular flexibility index (Phi) is 7.31. The summed E-state index contributed by atoms with van der Waals surface area (Å²) in [5.74, 6) is 2.00. The first-order chi connectivity index (χ1) is 16.6. The van der Waals surface area contributed by atoms with E-state index in [1.165, 1.54) is 6.42 Å². The quantitative estimate of drug-likeness (QED) is 0.371. The molecular weight excluding hydrogens is 430 g/mol. The second kappa shape index (κ2) is 10.4. The summed E-state index contributed by atoms with van der Waals surface area (Å²) in [4.78, 5) is 9.45. The fourth-order valence-corrected chi connectivity index (χ4v) is 4.08. The third-order valence-corrected chi connectivity index (χ3v) is 5.82. The summed E-state index contributed by atoms with van der Waals surface area (Å²) in [7, 11) is 5.26. The lowest BCUT2D eigenvalue weighted by Gasteiger charge is -2.17. The van der Waals surface area contributed by atoms with Crippen LogP contribution in [0.4, 0.5) is 5.82 Å². The number of methoxy groups -OCH3 is 2. The van der Waals surface area contributed by atoms with Crippen LogP contribution >= 0.6 is 0 Å². The first-order valence-electron chi connectivity index (χ1n) is 12.1. The molecule has 9 nitrogen and oxygen atoms in total. The van der Waals surface area contributed by atoms with Crippen molar-refractivity contribution in [3.63, 3.8) is 0 Å². The Morgan fingerprint density at radius 2 is 1.91 bits per heavy atom. The summed E-state index contributed by atoms with van der Waals surface area (Å²) in [5, 5.41) is 13.7. The van der Waals surface area contributed by atoms with E-state index in [0.29, 0.717) is 5.92 Å². The van der Waals surface area contributed by atoms with E-state index in [9.17, 15) is 0 Å². The lowest BCUT2D eigenvalue weighted by Crippen LogP contribution is -2.13. The number of hydrogen-bond acceptors (Lipinski definition) is 7. The Balaban J connectivity index is 0.000000868. The van der Waals surface area contributed by atoms with Crippen LogP contribution in [-0.4, -0.2) is 50.6 Å². The number of fused-ring (bicyclic) bond motifs is 2. The van der Waals surface area contributed by atoms with E-state index in [4.69, 9.17) is 19.6 Å². The molecular formula is C25H35N7O2. The van der Waals surface area contributed by atoms with Crippen LogP contribution < -0.4 is 10.1 Å². The number of nitrogens with one attached hydrogen (secondary N) is 1. The molecule has 1 aliphatic rings. The highest BCUT2D eigenvalue weighted by Crippen LogP contribution is 2.43. The molecule has 0 aromatic carbocycles. The van der Waals surface area contributed by atoms with Crippen LogP contribution in [0.1, 0.15) is 70.7 Å². The first kappa shape index (κ1) is 23.9. The summed E-state index contributed by atoms with van der Waals surface area (Å²) in [6.07, 6.45) is 8.95. The average molecular weight is 466 g/mol. The van der Waals surface area contributed by atoms with Crippen LogP contribution in [0, 0.1) is 0 Å². The number of imidazole rings is 1. The maximum Gasteiger partial charge on any atom is 0.157 e. The highest BCUT2D eigenvalue weighted by molar-refractivity contribution is 5.91. The molecule has 182 valence electrons. The van der Waals surface area contributed by atoms with Crippen molar-refractivity contribution < 1.29 is 9.47 Å². The molecule has 1 atom stereocenters. The maximum atomic E-state index is 5.68. The molecule has 9 heteroatoms. The Labute approximate surface area is 200 Å². The van der Waals surface area contributed by atoms with Crippen molar-refractivity contribution in [3.05, 3.63) is 30.2 Å². The molecule has 0 radical (unpaired) electrons. The van der Waals surface area contributed by atoms with Crippen molar-refractivity contribution in [2.45, 2.75) is 65.0 Å². The highest BCUT2D eigenvalue weighted by Gasteiger charge is 2.30. The Bertz CT molecular complexity index is 1260. The summed E-state index contributed by atoms with van der Waals surface area (Å²) < 4.78 is 15.0. The molecule has 1 aliphatic carbocycles. The van der Waals surface area contributed by atoms with Gasteiger partial charge in [0.1, 0.15) is 22.7 Å². The third kappa shape index (κ3) is 4.44. The van der Waals surface area contributed by atoms with Crippen molar-refractivity contribution >= 4 is 22.4 Å². The van der Waals surface area contributed by atoms with Gasteiger partial charge in [-0.2, -0.15) is 10.2 Å². The van der Waals surface area contributed by atoms with Gasteiger partial charge in [0.2, 0.25) is 0 Å². The second-order valence-electron chi connectivity index (χ2n) is 8.60. The minimum atomic E-state index is -0.131. The van der Waals surface area contributed by atoms with E-state index in [-0.39, 0.29) is 6.23 Å². The van der Waals surface area contributed by atoms with Crippen molar-refractivity contribution in [1.82, 2.24) is 29.4 Å². The normalized spacial score (nSPS) is 14.2. The minimum absolute atomic E-state index is 0.131. The summed E-state index contributed by atoms with van der Waals surface area (Å²) in [6.45, 7) is 6.38. The topological polar surface area (TPSA) is 91.4 Å². The predicted molar refractivity (Wildman–Crippen MR) is 135 cm³/mol. The molecule has 4 heterocycles. The molecule has 0 amide bonds. The Morgan fingerprint density at radius 3 is 2.53 bits per heavy atom. The van der Waals surface area contributed by atoms with Gasteiger partial charge in [-0.1, -0.05) is 33.6 Å². The molecule has 0 saturated heterocycles. The molecule has 4 aromatic heterocycles. The van der Waals surface area contributed by atoms with E-state index in [0.717, 1.165) is 70.9 Å². The van der Waals surface area contributed by atoms with Gasteiger partial charge in [-0.05, 0) is 25.3 Å². The fraction of sp³-hybridized carbons (Fsp3) is 0.520. The van der Waals surface area contributed by atoms with Crippen LogP contribution in [0.5, 0.6) is 5.75 Å². The van der Waals surface area contributed by atoms with E-state index in [1.807, 2.05) is 40.8 Å². The SMILES string of the molecule is CCC.CCCC(OC)n1ncc2cc(-c3cnc4cc(OC)c(C5CC5)nn34)nc(NC)c21. The molecule has 0 spiro atoms. The minimum Gasteiger partial charge on any atom is -0.495 e. The van der Waals surface area contributed by atoms with Crippen molar-refractivity contribution in [1.29, 1.82) is 0 Å². The molecule has 0 aliphatic heterocycles. The van der Waals surface area contributed by atoms with Crippen molar-refractivity contribution in [2.75, 3.05) is 26.6 Å². The Hall–Kier alpha value is -3.20. The standard InChI is InChI=1S/C22H27N7O2.C3H8/c1-5-6-19(31-4)29-21-14(11-25-29)9-15(26-22(21)23-2)16-12-24-18-10-17(30-3)20(13-7-8-13)27-28(16)18;1-3-2/h9-13,19H,5-8H2,1-4H3,(H,23,26);3H2,1-2H3. The smallest absolute Gasteiger partial charge is 0.157 e. The predicted octanol–water partition coefficient (Wildman–Crippen LogP) is 5.43. The zero-order valence-electron chi connectivity index (χ0n) is 21.0. The van der Waals surface area contributed by atoms with Crippen LogP contribution in [0.25, 0.3) is 27.9 Å². The average Bonchev–Trinajstić information content (AvgIpc) is 3.48. The van der Waals surface area contributed by atoms with E-state index in [1.54, 1.807) is 14.2 Å². The van der Waals surface area contributed by atoms with Crippen LogP contribution in [0.3, 0.4) is 0 Å². The summed E-state index contributed by atoms with van der Waals surface area (Å²) in [5.41, 5.74) is 4.27. The van der Waals surface area contributed by atoms with Crippen molar-refractivity contribution in [3.8, 4) is 17.1 Å².